The lowest BCUT2D eigenvalue weighted by Gasteiger charge is -2.15. The Kier molecular flexibility index (Phi) is 4.40. The molecule has 4 N–H and O–H groups in total. The Morgan fingerprint density at radius 1 is 1.33 bits per heavy atom. The lowest BCUT2D eigenvalue weighted by Crippen LogP contribution is -2.43. The molecule has 0 aliphatic rings. The minimum atomic E-state index is -0.941. The molecular weight excluding hydrogens is 268 g/mol. The number of aliphatic hydroxyl groups is 1. The number of nitrogens with one attached hydrogen (secondary N) is 1. The predicted molar refractivity (Wildman–Crippen MR) is 81.3 cm³/mol. The fourth-order valence-electron chi connectivity index (χ4n) is 1.91. The van der Waals surface area contributed by atoms with Crippen LogP contribution < -0.4 is 11.1 Å². The zero-order chi connectivity index (χ0) is 15.6. The van der Waals surface area contributed by atoms with E-state index in [-0.39, 0.29) is 0 Å². The maximum absolute atomic E-state index is 11.8. The van der Waals surface area contributed by atoms with Crippen LogP contribution in [-0.4, -0.2) is 32.7 Å². The molecular formula is C15H20N4O2. The smallest absolute Gasteiger partial charge is 0.243 e. The molecule has 1 amide bonds. The average Bonchev–Trinajstić information content (AvgIpc) is 2.79. The average molecular weight is 288 g/mol. The first-order chi connectivity index (χ1) is 9.90. The first-order valence-corrected chi connectivity index (χ1v) is 6.75. The zero-order valence-electron chi connectivity index (χ0n) is 12.4. The molecule has 0 aliphatic heterocycles. The summed E-state index contributed by atoms with van der Waals surface area (Å²) in [4.78, 5) is 16.0. The fourth-order valence-corrected chi connectivity index (χ4v) is 1.91. The number of nitrogens with zero attached hydrogens (tertiary/aromatic N) is 2. The van der Waals surface area contributed by atoms with Crippen LogP contribution >= 0.6 is 0 Å². The zero-order valence-corrected chi connectivity index (χ0v) is 12.4. The maximum atomic E-state index is 11.8. The van der Waals surface area contributed by atoms with Crippen molar-refractivity contribution >= 4 is 11.6 Å². The third kappa shape index (κ3) is 3.29. The first-order valence-electron chi connectivity index (χ1n) is 6.75. The van der Waals surface area contributed by atoms with Crippen molar-refractivity contribution in [2.45, 2.75) is 32.9 Å². The molecule has 0 saturated carbocycles. The number of carbonyl (C=O) groups excluding carboxylic acids is 1. The van der Waals surface area contributed by atoms with Crippen molar-refractivity contribution in [1.82, 2.24) is 9.55 Å². The molecule has 0 unspecified atom stereocenters. The molecule has 6 nitrogen and oxygen atoms in total. The van der Waals surface area contributed by atoms with Gasteiger partial charge in [-0.3, -0.25) is 4.79 Å². The van der Waals surface area contributed by atoms with Gasteiger partial charge < -0.3 is 20.7 Å². The van der Waals surface area contributed by atoms with Crippen LogP contribution in [0.15, 0.2) is 30.6 Å². The van der Waals surface area contributed by atoms with Crippen molar-refractivity contribution in [2.75, 3.05) is 5.32 Å². The second kappa shape index (κ2) is 6.07. The second-order valence-electron chi connectivity index (χ2n) is 5.09. The molecule has 6 heteroatoms. The number of hydrogen-bond acceptors (Lipinski definition) is 4. The Morgan fingerprint density at radius 3 is 2.43 bits per heavy atom. The number of aromatic nitrogens is 2. The highest BCUT2D eigenvalue weighted by Gasteiger charge is 2.18. The molecule has 0 radical (unpaired) electrons. The summed E-state index contributed by atoms with van der Waals surface area (Å²) >= 11 is 0. The maximum Gasteiger partial charge on any atom is 0.243 e. The van der Waals surface area contributed by atoms with E-state index in [0.29, 0.717) is 5.69 Å². The third-order valence-electron chi connectivity index (χ3n) is 3.49. The first kappa shape index (κ1) is 15.2. The molecule has 0 aliphatic carbocycles. The van der Waals surface area contributed by atoms with E-state index in [2.05, 4.69) is 10.3 Å². The van der Waals surface area contributed by atoms with E-state index >= 15 is 0 Å². The molecule has 0 spiro atoms. The monoisotopic (exact) mass is 288 g/mol. The molecule has 2 rings (SSSR count). The van der Waals surface area contributed by atoms with E-state index in [1.165, 1.54) is 6.92 Å². The predicted octanol–water partition coefficient (Wildman–Crippen LogP) is 1.14. The molecule has 21 heavy (non-hydrogen) atoms. The summed E-state index contributed by atoms with van der Waals surface area (Å²) in [6.07, 6.45) is 0.877. The number of aryl methyl sites for hydroxylation is 1. The Balaban J connectivity index is 2.13. The normalized spacial score (nSPS) is 13.8. The summed E-state index contributed by atoms with van der Waals surface area (Å²) in [5.74, 6) is -0.410. The number of rotatable bonds is 4. The van der Waals surface area contributed by atoms with E-state index in [0.717, 1.165) is 17.1 Å². The molecule has 112 valence electrons. The minimum Gasteiger partial charge on any atom is -0.391 e. The van der Waals surface area contributed by atoms with Gasteiger partial charge in [-0.15, -0.1) is 0 Å². The van der Waals surface area contributed by atoms with Crippen LogP contribution in [0, 0.1) is 13.8 Å². The fraction of sp³-hybridized carbons (Fsp3) is 0.333. The van der Waals surface area contributed by atoms with Crippen molar-refractivity contribution in [3.63, 3.8) is 0 Å². The topological polar surface area (TPSA) is 93.2 Å². The van der Waals surface area contributed by atoms with Gasteiger partial charge >= 0.3 is 0 Å². The van der Waals surface area contributed by atoms with Gasteiger partial charge in [0.1, 0.15) is 6.04 Å². The molecule has 1 heterocycles. The Morgan fingerprint density at radius 2 is 1.95 bits per heavy atom. The number of nitrogens with two attached hydrogens (primary N) is 1. The number of imidazole rings is 1. The molecule has 2 atom stereocenters. The standard InChI is InChI=1S/C15H20N4O2/c1-9-10(2)19(8-17-9)13-6-4-12(5-7-13)18-15(21)14(16)11(3)20/h4-8,11,14,20H,16H2,1-3H3,(H,18,21)/t11-,14-/m1/s1. The van der Waals surface area contributed by atoms with E-state index in [9.17, 15) is 9.90 Å². The van der Waals surface area contributed by atoms with Gasteiger partial charge in [0, 0.05) is 17.1 Å². The van der Waals surface area contributed by atoms with Crippen molar-refractivity contribution in [1.29, 1.82) is 0 Å². The van der Waals surface area contributed by atoms with Crippen LogP contribution in [0.3, 0.4) is 0 Å². The number of anilines is 1. The van der Waals surface area contributed by atoms with Crippen LogP contribution in [0.2, 0.25) is 0 Å². The van der Waals surface area contributed by atoms with E-state index in [1.54, 1.807) is 18.5 Å². The molecule has 0 bridgehead atoms. The van der Waals surface area contributed by atoms with Gasteiger partial charge in [-0.05, 0) is 45.0 Å². The summed E-state index contributed by atoms with van der Waals surface area (Å²) in [6.45, 7) is 5.44. The summed E-state index contributed by atoms with van der Waals surface area (Å²) in [6, 6.07) is 6.41. The summed E-state index contributed by atoms with van der Waals surface area (Å²) < 4.78 is 1.97. The molecule has 2 aromatic rings. The Bertz CT molecular complexity index is 632. The number of amides is 1. The molecule has 0 fully saturated rings. The number of carbonyl (C=O) groups is 1. The van der Waals surface area contributed by atoms with Crippen LogP contribution in [0.5, 0.6) is 0 Å². The quantitative estimate of drug-likeness (QED) is 0.786. The Hall–Kier alpha value is -2.18. The van der Waals surface area contributed by atoms with E-state index < -0.39 is 18.1 Å². The van der Waals surface area contributed by atoms with Gasteiger partial charge in [0.25, 0.3) is 0 Å². The van der Waals surface area contributed by atoms with Crippen molar-refractivity contribution in [3.05, 3.63) is 42.0 Å². The highest BCUT2D eigenvalue weighted by Crippen LogP contribution is 2.16. The lowest BCUT2D eigenvalue weighted by molar-refractivity contribution is -0.119. The van der Waals surface area contributed by atoms with Crippen molar-refractivity contribution < 1.29 is 9.90 Å². The number of hydrogen-bond donors (Lipinski definition) is 3. The van der Waals surface area contributed by atoms with Gasteiger partial charge in [0.15, 0.2) is 0 Å². The summed E-state index contributed by atoms with van der Waals surface area (Å²) in [5, 5.41) is 12.0. The highest BCUT2D eigenvalue weighted by atomic mass is 16.3. The SMILES string of the molecule is Cc1ncn(-c2ccc(NC(=O)[C@H](N)[C@@H](C)O)cc2)c1C. The number of benzene rings is 1. The summed E-state index contributed by atoms with van der Waals surface area (Å²) in [5.41, 5.74) is 9.23. The van der Waals surface area contributed by atoms with Crippen LogP contribution in [0.4, 0.5) is 5.69 Å². The second-order valence-corrected chi connectivity index (χ2v) is 5.09. The van der Waals surface area contributed by atoms with Gasteiger partial charge in [0.05, 0.1) is 18.1 Å². The van der Waals surface area contributed by atoms with Crippen molar-refractivity contribution in [3.8, 4) is 5.69 Å². The highest BCUT2D eigenvalue weighted by molar-refractivity contribution is 5.95. The van der Waals surface area contributed by atoms with E-state index in [1.807, 2.05) is 30.5 Å². The van der Waals surface area contributed by atoms with Crippen LogP contribution in [-0.2, 0) is 4.79 Å². The molecule has 0 saturated heterocycles. The van der Waals surface area contributed by atoms with E-state index in [4.69, 9.17) is 5.73 Å². The molecule has 1 aromatic heterocycles. The third-order valence-corrected chi connectivity index (χ3v) is 3.49. The van der Waals surface area contributed by atoms with Crippen molar-refractivity contribution in [2.24, 2.45) is 5.73 Å². The van der Waals surface area contributed by atoms with Gasteiger partial charge in [-0.2, -0.15) is 0 Å². The van der Waals surface area contributed by atoms with Crippen LogP contribution in [0.1, 0.15) is 18.3 Å². The van der Waals surface area contributed by atoms with Gasteiger partial charge in [-0.25, -0.2) is 4.98 Å². The minimum absolute atomic E-state index is 0.410. The number of aliphatic hydroxyl groups excluding tert-OH is 1. The van der Waals surface area contributed by atoms with Crippen LogP contribution in [0.25, 0.3) is 5.69 Å². The largest absolute Gasteiger partial charge is 0.391 e. The molecule has 1 aromatic carbocycles. The van der Waals surface area contributed by atoms with Gasteiger partial charge in [0.2, 0.25) is 5.91 Å². The lowest BCUT2D eigenvalue weighted by atomic mass is 10.2. The van der Waals surface area contributed by atoms with Gasteiger partial charge in [-0.1, -0.05) is 0 Å². The summed E-state index contributed by atoms with van der Waals surface area (Å²) in [7, 11) is 0. The Labute approximate surface area is 123 Å².